The zero-order valence-corrected chi connectivity index (χ0v) is 11.0. The van der Waals surface area contributed by atoms with Crippen LogP contribution in [0.1, 0.15) is 61.1 Å². The number of ether oxygens (including phenoxy) is 1. The van der Waals surface area contributed by atoms with Crippen molar-refractivity contribution >= 4 is 16.3 Å². The predicted octanol–water partition coefficient (Wildman–Crippen LogP) is 3.28. The van der Waals surface area contributed by atoms with Crippen molar-refractivity contribution < 1.29 is 4.74 Å². The second-order valence-electron chi connectivity index (χ2n) is 5.20. The number of hydrogen-bond acceptors (Lipinski definition) is 4. The van der Waals surface area contributed by atoms with E-state index in [4.69, 9.17) is 15.5 Å². The molecule has 1 aromatic heterocycles. The summed E-state index contributed by atoms with van der Waals surface area (Å²) in [7, 11) is 0. The normalized spacial score (nSPS) is 26.5. The average molecular weight is 252 g/mol. The van der Waals surface area contributed by atoms with E-state index in [1.54, 1.807) is 11.3 Å². The van der Waals surface area contributed by atoms with Crippen LogP contribution in [0.5, 0.6) is 0 Å². The lowest BCUT2D eigenvalue weighted by Crippen LogP contribution is -2.16. The van der Waals surface area contributed by atoms with Crippen molar-refractivity contribution in [3.05, 3.63) is 10.7 Å². The van der Waals surface area contributed by atoms with Crippen molar-refractivity contribution in [2.45, 2.75) is 50.4 Å². The summed E-state index contributed by atoms with van der Waals surface area (Å²) >= 11 is 1.72. The maximum atomic E-state index is 6.14. The van der Waals surface area contributed by atoms with Crippen LogP contribution in [0.4, 0.5) is 5.00 Å². The summed E-state index contributed by atoms with van der Waals surface area (Å²) in [5.41, 5.74) is 7.26. The molecule has 2 aliphatic rings. The molecule has 0 aromatic carbocycles. The minimum atomic E-state index is 0.440. The number of hydrogen-bond donors (Lipinski definition) is 1. The van der Waals surface area contributed by atoms with E-state index in [1.807, 2.05) is 0 Å². The molecule has 0 amide bonds. The highest BCUT2D eigenvalue weighted by Crippen LogP contribution is 2.40. The second-order valence-corrected chi connectivity index (χ2v) is 6.26. The number of anilines is 1. The topological polar surface area (TPSA) is 48.1 Å². The number of rotatable bonds is 2. The molecule has 1 aliphatic carbocycles. The molecule has 0 radical (unpaired) electrons. The maximum Gasteiger partial charge on any atom is 0.110 e. The van der Waals surface area contributed by atoms with Gasteiger partial charge in [-0.15, -0.1) is 11.3 Å². The third-order valence-electron chi connectivity index (χ3n) is 3.95. The van der Waals surface area contributed by atoms with E-state index in [0.29, 0.717) is 11.8 Å². The highest BCUT2D eigenvalue weighted by molar-refractivity contribution is 7.15. The molecule has 2 fully saturated rings. The van der Waals surface area contributed by atoms with E-state index >= 15 is 0 Å². The lowest BCUT2D eigenvalue weighted by atomic mass is 9.99. The van der Waals surface area contributed by atoms with Gasteiger partial charge in [0, 0.05) is 18.4 Å². The molecule has 0 bridgehead atoms. The first-order valence-corrected chi connectivity index (χ1v) is 7.50. The van der Waals surface area contributed by atoms with E-state index in [9.17, 15) is 0 Å². The SMILES string of the molecule is Nc1sc(C2CCCC2)nc1C1CCCOC1. The van der Waals surface area contributed by atoms with E-state index in [-0.39, 0.29) is 0 Å². The molecular weight excluding hydrogens is 232 g/mol. The monoisotopic (exact) mass is 252 g/mol. The Morgan fingerprint density at radius 3 is 2.59 bits per heavy atom. The van der Waals surface area contributed by atoms with E-state index in [2.05, 4.69) is 0 Å². The molecule has 1 aromatic rings. The van der Waals surface area contributed by atoms with Crippen LogP contribution in [-0.2, 0) is 4.74 Å². The lowest BCUT2D eigenvalue weighted by Gasteiger charge is -2.20. The summed E-state index contributed by atoms with van der Waals surface area (Å²) in [6.07, 6.45) is 7.62. The summed E-state index contributed by atoms with van der Waals surface area (Å²) in [6.45, 7) is 1.70. The zero-order valence-electron chi connectivity index (χ0n) is 10.2. The van der Waals surface area contributed by atoms with E-state index < -0.39 is 0 Å². The molecule has 0 spiro atoms. The maximum absolute atomic E-state index is 6.14. The molecule has 1 atom stereocenters. The molecule has 2 heterocycles. The molecule has 1 saturated carbocycles. The molecule has 4 heteroatoms. The summed E-state index contributed by atoms with van der Waals surface area (Å²) < 4.78 is 5.54. The quantitative estimate of drug-likeness (QED) is 0.878. The van der Waals surface area contributed by atoms with Crippen LogP contribution in [-0.4, -0.2) is 18.2 Å². The third kappa shape index (κ3) is 2.33. The molecule has 3 rings (SSSR count). The molecule has 94 valence electrons. The average Bonchev–Trinajstić information content (AvgIpc) is 2.99. The van der Waals surface area contributed by atoms with Crippen molar-refractivity contribution in [1.29, 1.82) is 0 Å². The van der Waals surface area contributed by atoms with Crippen molar-refractivity contribution in [3.8, 4) is 0 Å². The highest BCUT2D eigenvalue weighted by atomic mass is 32.1. The largest absolute Gasteiger partial charge is 0.389 e. The van der Waals surface area contributed by atoms with Crippen LogP contribution >= 0.6 is 11.3 Å². The minimum Gasteiger partial charge on any atom is -0.389 e. The van der Waals surface area contributed by atoms with Crippen LogP contribution in [0, 0.1) is 0 Å². The molecule has 1 unspecified atom stereocenters. The van der Waals surface area contributed by atoms with Gasteiger partial charge in [-0.3, -0.25) is 0 Å². The Hall–Kier alpha value is -0.610. The van der Waals surface area contributed by atoms with Gasteiger partial charge in [0.1, 0.15) is 5.00 Å². The summed E-state index contributed by atoms with van der Waals surface area (Å²) in [5.74, 6) is 1.12. The summed E-state index contributed by atoms with van der Waals surface area (Å²) in [5, 5.41) is 2.21. The Morgan fingerprint density at radius 2 is 1.88 bits per heavy atom. The zero-order chi connectivity index (χ0) is 11.7. The van der Waals surface area contributed by atoms with E-state index in [0.717, 1.165) is 30.3 Å². The van der Waals surface area contributed by atoms with Crippen LogP contribution in [0.2, 0.25) is 0 Å². The standard InChI is InChI=1S/C13H20N2OS/c14-12-11(10-6-3-7-16-8-10)15-13(17-12)9-4-1-2-5-9/h9-10H,1-8,14H2. The van der Waals surface area contributed by atoms with Gasteiger partial charge in [-0.1, -0.05) is 12.8 Å². The first-order chi connectivity index (χ1) is 8.34. The third-order valence-corrected chi connectivity index (χ3v) is 5.01. The van der Waals surface area contributed by atoms with Gasteiger partial charge in [-0.25, -0.2) is 4.98 Å². The predicted molar refractivity (Wildman–Crippen MR) is 70.5 cm³/mol. The fourth-order valence-electron chi connectivity index (χ4n) is 2.96. The van der Waals surface area contributed by atoms with Crippen LogP contribution < -0.4 is 5.73 Å². The number of nitrogen functional groups attached to an aromatic ring is 1. The highest BCUT2D eigenvalue weighted by Gasteiger charge is 2.26. The molecule has 3 nitrogen and oxygen atoms in total. The van der Waals surface area contributed by atoms with Gasteiger partial charge in [0.05, 0.1) is 17.3 Å². The Balaban J connectivity index is 1.79. The minimum absolute atomic E-state index is 0.440. The molecule has 1 aliphatic heterocycles. The van der Waals surface area contributed by atoms with Gasteiger partial charge in [0.15, 0.2) is 0 Å². The molecule has 17 heavy (non-hydrogen) atoms. The first-order valence-electron chi connectivity index (χ1n) is 6.68. The Morgan fingerprint density at radius 1 is 1.12 bits per heavy atom. The van der Waals surface area contributed by atoms with Crippen molar-refractivity contribution in [2.75, 3.05) is 18.9 Å². The van der Waals surface area contributed by atoms with Crippen molar-refractivity contribution in [2.24, 2.45) is 0 Å². The summed E-state index contributed by atoms with van der Waals surface area (Å²) in [4.78, 5) is 4.83. The number of nitrogens with zero attached hydrogens (tertiary/aromatic N) is 1. The van der Waals surface area contributed by atoms with Gasteiger partial charge < -0.3 is 10.5 Å². The number of aromatic nitrogens is 1. The van der Waals surface area contributed by atoms with Crippen molar-refractivity contribution in [1.82, 2.24) is 4.98 Å². The first kappa shape index (κ1) is 11.5. The fourth-order valence-corrected chi connectivity index (χ4v) is 4.05. The van der Waals surface area contributed by atoms with Crippen LogP contribution in [0.3, 0.4) is 0 Å². The van der Waals surface area contributed by atoms with Crippen molar-refractivity contribution in [3.63, 3.8) is 0 Å². The molecule has 2 N–H and O–H groups in total. The van der Waals surface area contributed by atoms with Gasteiger partial charge in [0.25, 0.3) is 0 Å². The molecule has 1 saturated heterocycles. The smallest absolute Gasteiger partial charge is 0.110 e. The second kappa shape index (κ2) is 4.94. The number of nitrogens with two attached hydrogens (primary N) is 1. The van der Waals surface area contributed by atoms with Gasteiger partial charge in [-0.05, 0) is 25.7 Å². The summed E-state index contributed by atoms with van der Waals surface area (Å²) in [6, 6.07) is 0. The van der Waals surface area contributed by atoms with Gasteiger partial charge >= 0.3 is 0 Å². The fraction of sp³-hybridized carbons (Fsp3) is 0.769. The molecular formula is C13H20N2OS. The Labute approximate surface area is 106 Å². The Kier molecular flexibility index (Phi) is 3.34. The van der Waals surface area contributed by atoms with Gasteiger partial charge in [-0.2, -0.15) is 0 Å². The van der Waals surface area contributed by atoms with Crippen LogP contribution in [0.15, 0.2) is 0 Å². The van der Waals surface area contributed by atoms with Crippen LogP contribution in [0.25, 0.3) is 0 Å². The number of thiazole rings is 1. The Bertz CT molecular complexity index is 379. The lowest BCUT2D eigenvalue weighted by molar-refractivity contribution is 0.0796. The van der Waals surface area contributed by atoms with Gasteiger partial charge in [0.2, 0.25) is 0 Å². The van der Waals surface area contributed by atoms with E-state index in [1.165, 1.54) is 37.1 Å².